The molecule has 6 heteroatoms. The Morgan fingerprint density at radius 3 is 2.38 bits per heavy atom. The van der Waals surface area contributed by atoms with Gasteiger partial charge in [-0.25, -0.2) is 0 Å². The van der Waals surface area contributed by atoms with E-state index < -0.39 is 0 Å². The van der Waals surface area contributed by atoms with Crippen LogP contribution in [0, 0.1) is 5.92 Å². The van der Waals surface area contributed by atoms with Crippen molar-refractivity contribution in [3.05, 3.63) is 65.7 Å². The first-order valence-corrected chi connectivity index (χ1v) is 12.5. The summed E-state index contributed by atoms with van der Waals surface area (Å²) in [4.78, 5) is 28.2. The summed E-state index contributed by atoms with van der Waals surface area (Å²) in [6.07, 6.45) is 6.30. The highest BCUT2D eigenvalue weighted by Gasteiger charge is 2.18. The number of carbonyl (C=O) groups is 2. The normalized spacial score (nSPS) is 15.3. The largest absolute Gasteiger partial charge is 0.355 e. The first kappa shape index (κ1) is 24.3. The van der Waals surface area contributed by atoms with Crippen LogP contribution in [0.25, 0.3) is 0 Å². The van der Waals surface area contributed by atoms with Crippen molar-refractivity contribution in [2.45, 2.75) is 43.0 Å². The van der Waals surface area contributed by atoms with Crippen LogP contribution in [0.5, 0.6) is 0 Å². The number of hydrogen-bond acceptors (Lipinski definition) is 4. The third-order valence-corrected chi connectivity index (χ3v) is 7.14. The van der Waals surface area contributed by atoms with Crippen LogP contribution in [0.3, 0.4) is 0 Å². The van der Waals surface area contributed by atoms with Crippen LogP contribution in [0.4, 0.5) is 0 Å². The second-order valence-electron chi connectivity index (χ2n) is 8.69. The topological polar surface area (TPSA) is 61.4 Å². The smallest absolute Gasteiger partial charge is 0.252 e. The van der Waals surface area contributed by atoms with Crippen molar-refractivity contribution < 1.29 is 9.59 Å². The second-order valence-corrected chi connectivity index (χ2v) is 9.71. The fourth-order valence-corrected chi connectivity index (χ4v) is 5.06. The molecular weight excluding hydrogens is 418 g/mol. The summed E-state index contributed by atoms with van der Waals surface area (Å²) < 4.78 is 0. The van der Waals surface area contributed by atoms with Crippen LogP contribution in [0.2, 0.25) is 0 Å². The van der Waals surface area contributed by atoms with Gasteiger partial charge in [0.15, 0.2) is 0 Å². The number of rotatable bonds is 10. The predicted octanol–water partition coefficient (Wildman–Crippen LogP) is 4.51. The van der Waals surface area contributed by atoms with E-state index in [1.165, 1.54) is 43.9 Å². The van der Waals surface area contributed by atoms with Gasteiger partial charge in [0.25, 0.3) is 5.91 Å². The molecule has 0 radical (unpaired) electrons. The lowest BCUT2D eigenvalue weighted by atomic mass is 9.89. The molecule has 2 amide bonds. The van der Waals surface area contributed by atoms with Gasteiger partial charge in [-0.3, -0.25) is 9.59 Å². The maximum Gasteiger partial charge on any atom is 0.252 e. The Balaban J connectivity index is 1.53. The zero-order valence-corrected chi connectivity index (χ0v) is 20.0. The van der Waals surface area contributed by atoms with Gasteiger partial charge in [-0.2, -0.15) is 0 Å². The van der Waals surface area contributed by atoms with Gasteiger partial charge in [0.1, 0.15) is 0 Å². The van der Waals surface area contributed by atoms with Crippen molar-refractivity contribution in [2.75, 3.05) is 32.9 Å². The first-order valence-electron chi connectivity index (χ1n) is 11.5. The van der Waals surface area contributed by atoms with Crippen molar-refractivity contribution in [1.82, 2.24) is 15.5 Å². The lowest BCUT2D eigenvalue weighted by Crippen LogP contribution is -2.34. The van der Waals surface area contributed by atoms with E-state index in [4.69, 9.17) is 0 Å². The van der Waals surface area contributed by atoms with E-state index >= 15 is 0 Å². The lowest BCUT2D eigenvalue weighted by molar-refractivity contribution is -0.118. The molecule has 0 saturated heterocycles. The van der Waals surface area contributed by atoms with E-state index in [9.17, 15) is 9.59 Å². The quantitative estimate of drug-likeness (QED) is 0.520. The molecular formula is C26H35N3O2S. The van der Waals surface area contributed by atoms with Crippen LogP contribution < -0.4 is 10.6 Å². The van der Waals surface area contributed by atoms with Gasteiger partial charge in [-0.15, -0.1) is 11.8 Å². The van der Waals surface area contributed by atoms with Gasteiger partial charge in [0, 0.05) is 18.0 Å². The predicted molar refractivity (Wildman–Crippen MR) is 132 cm³/mol. The number of nitrogens with zero attached hydrogens (tertiary/aromatic N) is 1. The zero-order valence-electron chi connectivity index (χ0n) is 19.2. The summed E-state index contributed by atoms with van der Waals surface area (Å²) in [5, 5.41) is 6.16. The highest BCUT2D eigenvalue weighted by atomic mass is 32.2. The molecule has 0 aromatic heterocycles. The number of carbonyl (C=O) groups excluding carboxylic acids is 2. The van der Waals surface area contributed by atoms with Crippen molar-refractivity contribution in [1.29, 1.82) is 0 Å². The Labute approximate surface area is 196 Å². The molecule has 0 bridgehead atoms. The summed E-state index contributed by atoms with van der Waals surface area (Å²) in [5.41, 5.74) is 1.78. The van der Waals surface area contributed by atoms with Crippen molar-refractivity contribution in [3.63, 3.8) is 0 Å². The SMILES string of the molecule is CN(C)C(CNC(=O)c1ccccc1SCC(=O)NCC1CCCCC1)c1ccccc1. The number of nitrogens with one attached hydrogen (secondary N) is 2. The highest BCUT2D eigenvalue weighted by Crippen LogP contribution is 2.24. The first-order chi connectivity index (χ1) is 15.5. The molecule has 0 aliphatic heterocycles. The summed E-state index contributed by atoms with van der Waals surface area (Å²) in [5.74, 6) is 0.859. The van der Waals surface area contributed by atoms with E-state index in [1.54, 1.807) is 0 Å². The molecule has 2 N–H and O–H groups in total. The summed E-state index contributed by atoms with van der Waals surface area (Å²) >= 11 is 1.42. The Bertz CT molecular complexity index is 866. The Hall–Kier alpha value is -2.31. The fraction of sp³-hybridized carbons (Fsp3) is 0.462. The monoisotopic (exact) mass is 453 g/mol. The van der Waals surface area contributed by atoms with Gasteiger partial charge in [0.05, 0.1) is 17.4 Å². The Kier molecular flexibility index (Phi) is 9.62. The second kappa shape index (κ2) is 12.7. The van der Waals surface area contributed by atoms with Gasteiger partial charge in [-0.1, -0.05) is 61.7 Å². The van der Waals surface area contributed by atoms with Crippen LogP contribution in [-0.4, -0.2) is 49.7 Å². The molecule has 1 atom stereocenters. The van der Waals surface area contributed by atoms with E-state index in [-0.39, 0.29) is 17.9 Å². The highest BCUT2D eigenvalue weighted by molar-refractivity contribution is 8.00. The van der Waals surface area contributed by atoms with Gasteiger partial charge in [-0.05, 0) is 50.6 Å². The average Bonchev–Trinajstić information content (AvgIpc) is 2.82. The van der Waals surface area contributed by atoms with E-state index in [0.29, 0.717) is 23.8 Å². The molecule has 0 heterocycles. The molecule has 1 aliphatic carbocycles. The number of benzene rings is 2. The van der Waals surface area contributed by atoms with Gasteiger partial charge in [0.2, 0.25) is 5.91 Å². The van der Waals surface area contributed by atoms with Crippen LogP contribution in [-0.2, 0) is 4.79 Å². The molecule has 3 rings (SSSR count). The maximum absolute atomic E-state index is 13.0. The maximum atomic E-state index is 13.0. The summed E-state index contributed by atoms with van der Waals surface area (Å²) in [6, 6.07) is 17.8. The molecule has 5 nitrogen and oxygen atoms in total. The minimum absolute atomic E-state index is 0.0348. The molecule has 2 aromatic rings. The van der Waals surface area contributed by atoms with E-state index in [0.717, 1.165) is 17.0 Å². The lowest BCUT2D eigenvalue weighted by Gasteiger charge is -2.25. The number of hydrogen-bond donors (Lipinski definition) is 2. The molecule has 1 fully saturated rings. The van der Waals surface area contributed by atoms with Crippen LogP contribution in [0.1, 0.15) is 54.1 Å². The summed E-state index contributed by atoms with van der Waals surface area (Å²) in [6.45, 7) is 1.28. The molecule has 172 valence electrons. The summed E-state index contributed by atoms with van der Waals surface area (Å²) in [7, 11) is 4.03. The Morgan fingerprint density at radius 1 is 0.969 bits per heavy atom. The molecule has 32 heavy (non-hydrogen) atoms. The third-order valence-electron chi connectivity index (χ3n) is 6.07. The number of amides is 2. The van der Waals surface area contributed by atoms with Crippen molar-refractivity contribution >= 4 is 23.6 Å². The molecule has 0 spiro atoms. The molecule has 1 saturated carbocycles. The molecule has 1 aliphatic rings. The molecule has 2 aromatic carbocycles. The Morgan fingerprint density at radius 2 is 1.66 bits per heavy atom. The third kappa shape index (κ3) is 7.38. The fourth-order valence-electron chi connectivity index (χ4n) is 4.18. The minimum Gasteiger partial charge on any atom is -0.355 e. The number of thioether (sulfide) groups is 1. The van der Waals surface area contributed by atoms with Gasteiger partial charge < -0.3 is 15.5 Å². The standard InChI is InChI=1S/C26H35N3O2S/c1-29(2)23(21-13-7-4-8-14-21)18-28-26(31)22-15-9-10-16-24(22)32-19-25(30)27-17-20-11-5-3-6-12-20/h4,7-10,13-16,20,23H,3,5-6,11-12,17-19H2,1-2H3,(H,27,30)(H,28,31). The minimum atomic E-state index is -0.113. The van der Waals surface area contributed by atoms with Gasteiger partial charge >= 0.3 is 0 Å². The van der Waals surface area contributed by atoms with Crippen molar-refractivity contribution in [3.8, 4) is 0 Å². The average molecular weight is 454 g/mol. The van der Waals surface area contributed by atoms with E-state index in [1.807, 2.05) is 56.6 Å². The molecule has 1 unspecified atom stereocenters. The number of likely N-dealkylation sites (N-methyl/N-ethyl adjacent to an activating group) is 1. The van der Waals surface area contributed by atoms with E-state index in [2.05, 4.69) is 27.7 Å². The van der Waals surface area contributed by atoms with Crippen LogP contribution >= 0.6 is 11.8 Å². The van der Waals surface area contributed by atoms with Crippen molar-refractivity contribution in [2.24, 2.45) is 5.92 Å². The zero-order chi connectivity index (χ0) is 22.8. The van der Waals surface area contributed by atoms with Crippen LogP contribution in [0.15, 0.2) is 59.5 Å².